The highest BCUT2D eigenvalue weighted by Gasteiger charge is 2.40. The van der Waals surface area contributed by atoms with Crippen molar-refractivity contribution in [3.8, 4) is 0 Å². The number of ether oxygens (including phenoxy) is 1. The molecule has 0 radical (unpaired) electrons. The molecule has 1 atom stereocenters. The van der Waals surface area contributed by atoms with Crippen LogP contribution in [0.4, 0.5) is 0 Å². The Labute approximate surface area is 68.1 Å². The molecule has 0 aromatic heterocycles. The van der Waals surface area contributed by atoms with Gasteiger partial charge in [0.1, 0.15) is 0 Å². The molecule has 11 heavy (non-hydrogen) atoms. The minimum Gasteiger partial charge on any atom is -0.378 e. The average molecular weight is 155 g/mol. The smallest absolute Gasteiger partial charge is 0.0592 e. The molecule has 1 heterocycles. The molecule has 0 spiro atoms. The molecular formula is C9H17NO. The van der Waals surface area contributed by atoms with E-state index >= 15 is 0 Å². The van der Waals surface area contributed by atoms with Crippen LogP contribution in [0.25, 0.3) is 0 Å². The highest BCUT2D eigenvalue weighted by atomic mass is 16.5. The lowest BCUT2D eigenvalue weighted by Gasteiger charge is -2.24. The fraction of sp³-hybridized carbons (Fsp3) is 1.00. The molecule has 1 aliphatic heterocycles. The predicted molar refractivity (Wildman–Crippen MR) is 44.4 cm³/mol. The van der Waals surface area contributed by atoms with Crippen LogP contribution in [0.3, 0.4) is 0 Å². The summed E-state index contributed by atoms with van der Waals surface area (Å²) in [7, 11) is 0. The van der Waals surface area contributed by atoms with E-state index in [4.69, 9.17) is 10.5 Å². The second-order valence-corrected chi connectivity index (χ2v) is 4.06. The fourth-order valence-corrected chi connectivity index (χ4v) is 1.79. The van der Waals surface area contributed by atoms with Crippen LogP contribution in [0.2, 0.25) is 0 Å². The number of rotatable bonds is 2. The molecule has 1 unspecified atom stereocenters. The second kappa shape index (κ2) is 2.76. The van der Waals surface area contributed by atoms with Crippen molar-refractivity contribution >= 4 is 0 Å². The van der Waals surface area contributed by atoms with Gasteiger partial charge in [0.2, 0.25) is 0 Å². The summed E-state index contributed by atoms with van der Waals surface area (Å²) in [6.45, 7) is 0.959. The molecule has 1 saturated carbocycles. The third-order valence-electron chi connectivity index (χ3n) is 2.80. The average Bonchev–Trinajstić information content (AvgIpc) is 2.70. The Morgan fingerprint density at radius 1 is 1.36 bits per heavy atom. The topological polar surface area (TPSA) is 35.2 Å². The van der Waals surface area contributed by atoms with Gasteiger partial charge in [0.25, 0.3) is 0 Å². The molecule has 0 amide bonds. The van der Waals surface area contributed by atoms with Crippen LogP contribution < -0.4 is 5.73 Å². The van der Waals surface area contributed by atoms with E-state index in [9.17, 15) is 0 Å². The molecule has 2 heteroatoms. The molecule has 1 aliphatic carbocycles. The number of nitrogens with two attached hydrogens (primary N) is 1. The van der Waals surface area contributed by atoms with E-state index < -0.39 is 0 Å². The molecule has 0 aromatic rings. The quantitative estimate of drug-likeness (QED) is 0.655. The first kappa shape index (κ1) is 7.56. The lowest BCUT2D eigenvalue weighted by atomic mass is 10.0. The van der Waals surface area contributed by atoms with Gasteiger partial charge in [-0.3, -0.25) is 0 Å². The van der Waals surface area contributed by atoms with Crippen LogP contribution in [0.15, 0.2) is 0 Å². The Morgan fingerprint density at radius 3 is 2.73 bits per heavy atom. The van der Waals surface area contributed by atoms with Crippen LogP contribution in [0, 0.1) is 0 Å². The summed E-state index contributed by atoms with van der Waals surface area (Å²) < 4.78 is 5.61. The van der Waals surface area contributed by atoms with Crippen molar-refractivity contribution in [1.82, 2.24) is 0 Å². The van der Waals surface area contributed by atoms with Gasteiger partial charge < -0.3 is 10.5 Å². The van der Waals surface area contributed by atoms with Crippen molar-refractivity contribution in [2.24, 2.45) is 5.73 Å². The van der Waals surface area contributed by atoms with E-state index in [2.05, 4.69) is 0 Å². The zero-order valence-corrected chi connectivity index (χ0v) is 7.01. The first-order valence-corrected chi connectivity index (χ1v) is 4.69. The van der Waals surface area contributed by atoms with Crippen LogP contribution >= 0.6 is 0 Å². The largest absolute Gasteiger partial charge is 0.378 e. The maximum Gasteiger partial charge on any atom is 0.0592 e. The molecular weight excluding hydrogens is 138 g/mol. The Hall–Kier alpha value is -0.0800. The van der Waals surface area contributed by atoms with Gasteiger partial charge in [-0.25, -0.2) is 0 Å². The van der Waals surface area contributed by atoms with E-state index in [-0.39, 0.29) is 5.54 Å². The van der Waals surface area contributed by atoms with E-state index in [0.717, 1.165) is 13.0 Å². The Balaban J connectivity index is 1.76. The van der Waals surface area contributed by atoms with Crippen molar-refractivity contribution in [2.75, 3.05) is 6.61 Å². The molecule has 2 nitrogen and oxygen atoms in total. The van der Waals surface area contributed by atoms with Gasteiger partial charge >= 0.3 is 0 Å². The van der Waals surface area contributed by atoms with Crippen LogP contribution in [0.1, 0.15) is 38.5 Å². The van der Waals surface area contributed by atoms with E-state index in [1.807, 2.05) is 0 Å². The van der Waals surface area contributed by atoms with Crippen molar-refractivity contribution in [3.63, 3.8) is 0 Å². The number of hydrogen-bond acceptors (Lipinski definition) is 2. The summed E-state index contributed by atoms with van der Waals surface area (Å²) in [5, 5.41) is 0. The van der Waals surface area contributed by atoms with Gasteiger partial charge in [-0.2, -0.15) is 0 Å². The Morgan fingerprint density at radius 2 is 2.18 bits per heavy atom. The maximum absolute atomic E-state index is 6.00. The first-order valence-electron chi connectivity index (χ1n) is 4.69. The summed E-state index contributed by atoms with van der Waals surface area (Å²) in [6.07, 6.45) is 7.83. The summed E-state index contributed by atoms with van der Waals surface area (Å²) in [5.74, 6) is 0. The highest BCUT2D eigenvalue weighted by Crippen LogP contribution is 2.38. The first-order chi connectivity index (χ1) is 5.29. The lowest BCUT2D eigenvalue weighted by Crippen LogP contribution is -2.31. The molecule has 64 valence electrons. The minimum atomic E-state index is 0.183. The van der Waals surface area contributed by atoms with Gasteiger partial charge in [0.15, 0.2) is 0 Å². The number of hydrogen-bond donors (Lipinski definition) is 1. The summed E-state index contributed by atoms with van der Waals surface area (Å²) >= 11 is 0. The maximum atomic E-state index is 6.00. The Kier molecular flexibility index (Phi) is 1.90. The molecule has 2 aliphatic rings. The molecule has 0 aromatic carbocycles. The second-order valence-electron chi connectivity index (χ2n) is 4.06. The summed E-state index contributed by atoms with van der Waals surface area (Å²) in [5.41, 5.74) is 6.18. The normalized spacial score (nSPS) is 35.2. The zero-order chi connectivity index (χ0) is 7.73. The summed E-state index contributed by atoms with van der Waals surface area (Å²) in [6, 6.07) is 0. The van der Waals surface area contributed by atoms with Crippen LogP contribution in [-0.4, -0.2) is 18.2 Å². The third-order valence-corrected chi connectivity index (χ3v) is 2.80. The van der Waals surface area contributed by atoms with Gasteiger partial charge in [0.05, 0.1) is 6.10 Å². The minimum absolute atomic E-state index is 0.183. The lowest BCUT2D eigenvalue weighted by molar-refractivity contribution is 0.00577. The molecule has 2 N–H and O–H groups in total. The van der Waals surface area contributed by atoms with E-state index in [0.29, 0.717) is 6.10 Å². The molecule has 0 bridgehead atoms. The standard InChI is InChI=1S/C9H17NO/c10-9(4-5-9)7-8-3-1-2-6-11-8/h8H,1-7,10H2. The van der Waals surface area contributed by atoms with Gasteiger partial charge in [-0.15, -0.1) is 0 Å². The molecule has 2 rings (SSSR count). The molecule has 2 fully saturated rings. The fourth-order valence-electron chi connectivity index (χ4n) is 1.79. The Bertz CT molecular complexity index is 136. The molecule has 1 saturated heterocycles. The van der Waals surface area contributed by atoms with Gasteiger partial charge in [-0.05, 0) is 38.5 Å². The van der Waals surface area contributed by atoms with Crippen LogP contribution in [0.5, 0.6) is 0 Å². The highest BCUT2D eigenvalue weighted by molar-refractivity contribution is 5.00. The van der Waals surface area contributed by atoms with Gasteiger partial charge in [-0.1, -0.05) is 0 Å². The van der Waals surface area contributed by atoms with Crippen molar-refractivity contribution in [2.45, 2.75) is 50.2 Å². The van der Waals surface area contributed by atoms with Crippen LogP contribution in [-0.2, 0) is 4.74 Å². The van der Waals surface area contributed by atoms with Crippen molar-refractivity contribution in [1.29, 1.82) is 0 Å². The van der Waals surface area contributed by atoms with Crippen molar-refractivity contribution in [3.05, 3.63) is 0 Å². The zero-order valence-electron chi connectivity index (χ0n) is 7.01. The third kappa shape index (κ3) is 1.94. The van der Waals surface area contributed by atoms with Gasteiger partial charge in [0, 0.05) is 12.1 Å². The van der Waals surface area contributed by atoms with E-state index in [1.165, 1.54) is 32.1 Å². The van der Waals surface area contributed by atoms with E-state index in [1.54, 1.807) is 0 Å². The van der Waals surface area contributed by atoms with Crippen molar-refractivity contribution < 1.29 is 4.74 Å². The SMILES string of the molecule is NC1(CC2CCCCO2)CC1. The monoisotopic (exact) mass is 155 g/mol. The summed E-state index contributed by atoms with van der Waals surface area (Å²) in [4.78, 5) is 0. The predicted octanol–water partition coefficient (Wildman–Crippen LogP) is 1.44.